The van der Waals surface area contributed by atoms with Crippen LogP contribution in [0.4, 0.5) is 0 Å². The van der Waals surface area contributed by atoms with Gasteiger partial charge >= 0.3 is 23.9 Å². The van der Waals surface area contributed by atoms with Crippen LogP contribution in [-0.2, 0) is 42.9 Å². The molecule has 0 aliphatic carbocycles. The smallest absolute Gasteiger partial charge is 0.337 e. The molecule has 2 rings (SSSR count). The zero-order valence-electron chi connectivity index (χ0n) is 19.4. The van der Waals surface area contributed by atoms with E-state index in [0.29, 0.717) is 0 Å². The molecule has 1 aromatic carbocycles. The van der Waals surface area contributed by atoms with E-state index in [2.05, 4.69) is 10.1 Å². The minimum Gasteiger partial charge on any atom is -0.465 e. The van der Waals surface area contributed by atoms with Crippen LogP contribution in [0.5, 0.6) is 5.75 Å². The Bertz CT molecular complexity index is 914. The number of carbonyl (C=O) groups is 5. The van der Waals surface area contributed by atoms with Crippen molar-refractivity contribution in [2.45, 2.75) is 58.3 Å². The first-order chi connectivity index (χ1) is 16.0. The van der Waals surface area contributed by atoms with Crippen LogP contribution in [0, 0.1) is 0 Å². The zero-order chi connectivity index (χ0) is 25.4. The van der Waals surface area contributed by atoms with Crippen molar-refractivity contribution >= 4 is 29.8 Å². The monoisotopic (exact) mass is 481 g/mol. The number of esters is 4. The van der Waals surface area contributed by atoms with Crippen LogP contribution in [0.2, 0.25) is 0 Å². The lowest BCUT2D eigenvalue weighted by molar-refractivity contribution is -0.257. The molecule has 1 fully saturated rings. The third-order valence-electron chi connectivity index (χ3n) is 4.60. The van der Waals surface area contributed by atoms with Gasteiger partial charge < -0.3 is 33.7 Å². The summed E-state index contributed by atoms with van der Waals surface area (Å²) in [6.07, 6.45) is -4.82. The third-order valence-corrected chi connectivity index (χ3v) is 4.60. The second-order valence-electron chi connectivity index (χ2n) is 7.35. The average Bonchev–Trinajstić information content (AvgIpc) is 2.75. The number of nitrogens with one attached hydrogen (secondary N) is 1. The molecule has 1 aliphatic rings. The van der Waals surface area contributed by atoms with Crippen LogP contribution in [-0.4, -0.2) is 74.1 Å². The number of hydrogen-bond donors (Lipinski definition) is 1. The highest BCUT2D eigenvalue weighted by molar-refractivity contribution is 5.89. The van der Waals surface area contributed by atoms with Crippen molar-refractivity contribution in [3.63, 3.8) is 0 Å². The quantitative estimate of drug-likeness (QED) is 0.408. The van der Waals surface area contributed by atoms with E-state index in [1.54, 1.807) is 0 Å². The molecular formula is C22H27NO11. The molecule has 5 atom stereocenters. The minimum atomic E-state index is -1.26. The Balaban J connectivity index is 2.42. The molecule has 0 spiro atoms. The van der Waals surface area contributed by atoms with Crippen LogP contribution >= 0.6 is 0 Å². The summed E-state index contributed by atoms with van der Waals surface area (Å²) < 4.78 is 32.2. The van der Waals surface area contributed by atoms with Gasteiger partial charge in [0, 0.05) is 27.7 Å². The van der Waals surface area contributed by atoms with Gasteiger partial charge in [0.25, 0.3) is 0 Å². The van der Waals surface area contributed by atoms with Crippen molar-refractivity contribution < 1.29 is 52.4 Å². The molecule has 0 unspecified atom stereocenters. The fourth-order valence-electron chi connectivity index (χ4n) is 3.31. The molecule has 1 aliphatic heterocycles. The van der Waals surface area contributed by atoms with Gasteiger partial charge in [-0.15, -0.1) is 0 Å². The van der Waals surface area contributed by atoms with Gasteiger partial charge in [-0.25, -0.2) is 4.79 Å². The lowest BCUT2D eigenvalue weighted by Crippen LogP contribution is -2.67. The first-order valence-electron chi connectivity index (χ1n) is 10.3. The molecule has 0 aromatic heterocycles. The average molecular weight is 481 g/mol. The van der Waals surface area contributed by atoms with E-state index < -0.39 is 60.4 Å². The van der Waals surface area contributed by atoms with Crippen molar-refractivity contribution in [2.75, 3.05) is 13.7 Å². The van der Waals surface area contributed by atoms with Gasteiger partial charge in [-0.1, -0.05) is 0 Å². The van der Waals surface area contributed by atoms with E-state index in [1.807, 2.05) is 0 Å². The lowest BCUT2D eigenvalue weighted by atomic mass is 9.96. The summed E-state index contributed by atoms with van der Waals surface area (Å²) in [4.78, 5) is 58.6. The molecule has 186 valence electrons. The maximum atomic E-state index is 11.9. The van der Waals surface area contributed by atoms with E-state index in [0.717, 1.165) is 13.8 Å². The Morgan fingerprint density at radius 1 is 0.882 bits per heavy atom. The number of ether oxygens (including phenoxy) is 6. The van der Waals surface area contributed by atoms with E-state index in [-0.39, 0.29) is 17.9 Å². The Morgan fingerprint density at radius 3 is 1.97 bits per heavy atom. The summed E-state index contributed by atoms with van der Waals surface area (Å²) in [5.41, 5.74) is 0.276. The maximum absolute atomic E-state index is 11.9. The Labute approximate surface area is 195 Å². The molecule has 1 amide bonds. The second-order valence-corrected chi connectivity index (χ2v) is 7.35. The molecule has 12 nitrogen and oxygen atoms in total. The third kappa shape index (κ3) is 7.44. The molecule has 0 saturated carbocycles. The second kappa shape index (κ2) is 12.0. The molecule has 12 heteroatoms. The highest BCUT2D eigenvalue weighted by Crippen LogP contribution is 2.29. The summed E-state index contributed by atoms with van der Waals surface area (Å²) in [6.45, 7) is 4.36. The van der Waals surface area contributed by atoms with Crippen LogP contribution in [0.25, 0.3) is 0 Å². The largest absolute Gasteiger partial charge is 0.465 e. The maximum Gasteiger partial charge on any atom is 0.337 e. The number of benzene rings is 1. The van der Waals surface area contributed by atoms with Crippen molar-refractivity contribution in [3.05, 3.63) is 29.8 Å². The van der Waals surface area contributed by atoms with E-state index >= 15 is 0 Å². The number of amides is 1. The first-order valence-corrected chi connectivity index (χ1v) is 10.3. The normalized spacial score (nSPS) is 23.7. The topological polar surface area (TPSA) is 153 Å². The number of rotatable bonds is 8. The molecule has 1 aromatic rings. The van der Waals surface area contributed by atoms with Crippen molar-refractivity contribution in [3.8, 4) is 5.75 Å². The highest BCUT2D eigenvalue weighted by Gasteiger charge is 2.51. The van der Waals surface area contributed by atoms with Gasteiger partial charge in [0.2, 0.25) is 12.2 Å². The predicted molar refractivity (Wildman–Crippen MR) is 112 cm³/mol. The molecule has 34 heavy (non-hydrogen) atoms. The van der Waals surface area contributed by atoms with Crippen LogP contribution in [0.1, 0.15) is 38.1 Å². The summed E-state index contributed by atoms with van der Waals surface area (Å²) in [5.74, 6) is -2.84. The van der Waals surface area contributed by atoms with Crippen molar-refractivity contribution in [1.82, 2.24) is 5.32 Å². The summed E-state index contributed by atoms with van der Waals surface area (Å²) in [6, 6.07) is 4.75. The Hall–Kier alpha value is -3.67. The van der Waals surface area contributed by atoms with Crippen LogP contribution in [0.3, 0.4) is 0 Å². The van der Waals surface area contributed by atoms with Crippen LogP contribution < -0.4 is 10.1 Å². The van der Waals surface area contributed by atoms with Crippen LogP contribution in [0.15, 0.2) is 24.3 Å². The SMILES string of the molecule is COC(=O)c1ccc(O[C@H]2O[C@@H](COC(C)=O)[C@@H](OC(C)=O)[C@@H](OC(C)=O)[C@@H]2NC(C)=O)cc1. The Morgan fingerprint density at radius 2 is 1.47 bits per heavy atom. The van der Waals surface area contributed by atoms with Crippen molar-refractivity contribution in [2.24, 2.45) is 0 Å². The fraction of sp³-hybridized carbons (Fsp3) is 0.500. The zero-order valence-corrected chi connectivity index (χ0v) is 19.4. The number of methoxy groups -OCH3 is 1. The summed E-state index contributed by atoms with van der Waals surface area (Å²) in [7, 11) is 1.25. The Kier molecular flexibility index (Phi) is 9.36. The molecule has 1 N–H and O–H groups in total. The minimum absolute atomic E-state index is 0.242. The first kappa shape index (κ1) is 26.6. The molecule has 1 heterocycles. The van der Waals surface area contributed by atoms with Gasteiger partial charge in [0.05, 0.1) is 12.7 Å². The highest BCUT2D eigenvalue weighted by atomic mass is 16.7. The van der Waals surface area contributed by atoms with Gasteiger partial charge in [-0.05, 0) is 24.3 Å². The predicted octanol–water partition coefficient (Wildman–Crippen LogP) is 0.508. The summed E-state index contributed by atoms with van der Waals surface area (Å²) >= 11 is 0. The molecule has 0 radical (unpaired) electrons. The van der Waals surface area contributed by atoms with Crippen molar-refractivity contribution in [1.29, 1.82) is 0 Å². The fourth-order valence-corrected chi connectivity index (χ4v) is 3.31. The standard InChI is InChI=1S/C22H27NO11/c1-11(24)23-18-20(32-14(4)27)19(31-13(3)26)17(10-30-12(2)25)34-22(18)33-16-8-6-15(7-9-16)21(28)29-5/h6-9,17-20,22H,10H2,1-5H3,(H,23,24)/t17-,18-,19+,20-,22-/m0/s1. The molecular weight excluding hydrogens is 454 g/mol. The number of carbonyl (C=O) groups excluding carboxylic acids is 5. The summed E-state index contributed by atoms with van der Waals surface area (Å²) in [5, 5.41) is 2.60. The van der Waals surface area contributed by atoms with Gasteiger partial charge in [-0.2, -0.15) is 0 Å². The van der Waals surface area contributed by atoms with E-state index in [9.17, 15) is 24.0 Å². The molecule has 1 saturated heterocycles. The van der Waals surface area contributed by atoms with Gasteiger partial charge in [0.15, 0.2) is 12.2 Å². The van der Waals surface area contributed by atoms with Gasteiger partial charge in [-0.3, -0.25) is 19.2 Å². The van der Waals surface area contributed by atoms with E-state index in [4.69, 9.17) is 23.7 Å². The number of hydrogen-bond acceptors (Lipinski definition) is 11. The molecule has 0 bridgehead atoms. The van der Waals surface area contributed by atoms with Gasteiger partial charge in [0.1, 0.15) is 24.5 Å². The van der Waals surface area contributed by atoms with E-state index in [1.165, 1.54) is 45.2 Å². The lowest BCUT2D eigenvalue weighted by Gasteiger charge is -2.44.